The molecule has 2 N–H and O–H groups in total. The summed E-state index contributed by atoms with van der Waals surface area (Å²) in [6.45, 7) is 0. The number of aliphatic hydroxyl groups is 1. The lowest BCUT2D eigenvalue weighted by Crippen LogP contribution is -2.07. The minimum absolute atomic E-state index is 0.121. The van der Waals surface area contributed by atoms with Crippen molar-refractivity contribution in [3.8, 4) is 11.5 Å². The van der Waals surface area contributed by atoms with E-state index in [0.29, 0.717) is 23.6 Å². The van der Waals surface area contributed by atoms with Crippen LogP contribution in [0.25, 0.3) is 0 Å². The van der Waals surface area contributed by atoms with E-state index >= 15 is 0 Å². The van der Waals surface area contributed by atoms with Crippen molar-refractivity contribution in [1.82, 2.24) is 0 Å². The van der Waals surface area contributed by atoms with Gasteiger partial charge in [0.05, 0.1) is 12.7 Å². The van der Waals surface area contributed by atoms with Crippen molar-refractivity contribution in [2.75, 3.05) is 7.11 Å². The van der Waals surface area contributed by atoms with Gasteiger partial charge in [0.1, 0.15) is 0 Å². The molecule has 0 atom stereocenters. The van der Waals surface area contributed by atoms with Gasteiger partial charge in [0.15, 0.2) is 11.5 Å². The van der Waals surface area contributed by atoms with Crippen molar-refractivity contribution in [1.29, 1.82) is 0 Å². The molecule has 0 aliphatic heterocycles. The molecule has 0 amide bonds. The van der Waals surface area contributed by atoms with Crippen LogP contribution in [0.1, 0.15) is 24.8 Å². The molecule has 0 saturated heterocycles. The number of rotatable bonds is 4. The van der Waals surface area contributed by atoms with Gasteiger partial charge in [-0.1, -0.05) is 11.6 Å². The third-order valence-electron chi connectivity index (χ3n) is 3.03. The first-order valence-electron chi connectivity index (χ1n) is 5.32. The Morgan fingerprint density at radius 3 is 2.69 bits per heavy atom. The Balaban J connectivity index is 2.15. The Labute approximate surface area is 99.6 Å². The summed E-state index contributed by atoms with van der Waals surface area (Å²) in [5.74, 6) is 0.501. The van der Waals surface area contributed by atoms with Gasteiger partial charge in [-0.25, -0.2) is 0 Å². The van der Waals surface area contributed by atoms with Crippen LogP contribution in [-0.4, -0.2) is 22.9 Å². The van der Waals surface area contributed by atoms with Crippen molar-refractivity contribution in [3.63, 3.8) is 0 Å². The summed E-state index contributed by atoms with van der Waals surface area (Å²) in [4.78, 5) is 0. The highest BCUT2D eigenvalue weighted by Gasteiger charge is 2.39. The Morgan fingerprint density at radius 2 is 2.12 bits per heavy atom. The summed E-state index contributed by atoms with van der Waals surface area (Å²) < 4.78 is 5.02. The van der Waals surface area contributed by atoms with E-state index in [1.54, 1.807) is 12.1 Å². The van der Waals surface area contributed by atoms with E-state index < -0.39 is 5.60 Å². The Kier molecular flexibility index (Phi) is 3.00. The molecule has 1 aromatic rings. The van der Waals surface area contributed by atoms with Crippen molar-refractivity contribution in [2.45, 2.75) is 31.3 Å². The maximum absolute atomic E-state index is 9.87. The van der Waals surface area contributed by atoms with Crippen molar-refractivity contribution >= 4 is 11.6 Å². The molecule has 88 valence electrons. The van der Waals surface area contributed by atoms with Crippen LogP contribution in [0.15, 0.2) is 12.1 Å². The topological polar surface area (TPSA) is 49.7 Å². The van der Waals surface area contributed by atoms with Gasteiger partial charge in [-0.2, -0.15) is 0 Å². The number of ether oxygens (including phenoxy) is 1. The molecule has 0 spiro atoms. The van der Waals surface area contributed by atoms with Crippen LogP contribution < -0.4 is 4.74 Å². The average Bonchev–Trinajstić information content (AvgIpc) is 2.98. The molecule has 0 radical (unpaired) electrons. The van der Waals surface area contributed by atoms with E-state index in [9.17, 15) is 10.2 Å². The maximum Gasteiger partial charge on any atom is 0.162 e. The van der Waals surface area contributed by atoms with E-state index in [1.807, 2.05) is 0 Å². The number of aryl methyl sites for hydroxylation is 1. The van der Waals surface area contributed by atoms with Gasteiger partial charge in [0.2, 0.25) is 0 Å². The molecule has 2 rings (SSSR count). The fraction of sp³-hybridized carbons (Fsp3) is 0.500. The predicted molar refractivity (Wildman–Crippen MR) is 62.2 cm³/mol. The second-order valence-corrected chi connectivity index (χ2v) is 4.78. The van der Waals surface area contributed by atoms with E-state index in [4.69, 9.17) is 16.3 Å². The van der Waals surface area contributed by atoms with Gasteiger partial charge in [0.25, 0.3) is 0 Å². The maximum atomic E-state index is 9.87. The van der Waals surface area contributed by atoms with Gasteiger partial charge in [-0.15, -0.1) is 0 Å². The fourth-order valence-electron chi connectivity index (χ4n) is 1.74. The molecule has 1 aliphatic carbocycles. The van der Waals surface area contributed by atoms with Crippen LogP contribution in [0.4, 0.5) is 0 Å². The minimum atomic E-state index is -0.512. The monoisotopic (exact) mass is 242 g/mol. The van der Waals surface area contributed by atoms with Crippen LogP contribution in [0.5, 0.6) is 11.5 Å². The van der Waals surface area contributed by atoms with Crippen LogP contribution in [0.2, 0.25) is 5.02 Å². The molecule has 1 saturated carbocycles. The second kappa shape index (κ2) is 4.15. The van der Waals surface area contributed by atoms with Crippen LogP contribution in [0, 0.1) is 0 Å². The molecule has 0 unspecified atom stereocenters. The van der Waals surface area contributed by atoms with Crippen molar-refractivity contribution in [2.24, 2.45) is 0 Å². The molecule has 4 heteroatoms. The minimum Gasteiger partial charge on any atom is -0.504 e. The quantitative estimate of drug-likeness (QED) is 0.853. The molecule has 1 aliphatic rings. The molecule has 3 nitrogen and oxygen atoms in total. The van der Waals surface area contributed by atoms with E-state index in [-0.39, 0.29) is 5.75 Å². The molecule has 0 heterocycles. The number of methoxy groups -OCH3 is 1. The Bertz CT molecular complexity index is 399. The zero-order chi connectivity index (χ0) is 11.8. The van der Waals surface area contributed by atoms with E-state index in [2.05, 4.69) is 0 Å². The number of phenolic OH excluding ortho intramolecular Hbond substituents is 1. The van der Waals surface area contributed by atoms with Gasteiger partial charge in [-0.05, 0) is 37.3 Å². The second-order valence-electron chi connectivity index (χ2n) is 4.34. The number of hydrogen-bond donors (Lipinski definition) is 2. The first kappa shape index (κ1) is 11.6. The lowest BCUT2D eigenvalue weighted by molar-refractivity contribution is 0.140. The molecule has 1 fully saturated rings. The third kappa shape index (κ3) is 2.42. The smallest absolute Gasteiger partial charge is 0.162 e. The zero-order valence-electron chi connectivity index (χ0n) is 9.16. The summed E-state index contributed by atoms with van der Waals surface area (Å²) in [6, 6.07) is 3.29. The van der Waals surface area contributed by atoms with Crippen molar-refractivity contribution < 1.29 is 14.9 Å². The summed E-state index contributed by atoms with van der Waals surface area (Å²) in [5, 5.41) is 20.1. The molecule has 16 heavy (non-hydrogen) atoms. The number of aromatic hydroxyl groups is 1. The number of halogens is 1. The van der Waals surface area contributed by atoms with Crippen LogP contribution in [-0.2, 0) is 6.42 Å². The summed E-state index contributed by atoms with van der Waals surface area (Å²) in [7, 11) is 1.49. The first-order chi connectivity index (χ1) is 7.54. The van der Waals surface area contributed by atoms with Crippen LogP contribution >= 0.6 is 11.6 Å². The molecule has 0 aromatic heterocycles. The fourth-order valence-corrected chi connectivity index (χ4v) is 1.97. The van der Waals surface area contributed by atoms with Gasteiger partial charge in [-0.3, -0.25) is 0 Å². The lowest BCUT2D eigenvalue weighted by atomic mass is 10.0. The largest absolute Gasteiger partial charge is 0.504 e. The SMILES string of the molecule is COc1cc(Cl)cc(CCC2(O)CC2)c1O. The summed E-state index contributed by atoms with van der Waals surface area (Å²) in [6.07, 6.45) is 2.97. The van der Waals surface area contributed by atoms with Crippen molar-refractivity contribution in [3.05, 3.63) is 22.7 Å². The molecule has 0 bridgehead atoms. The highest BCUT2D eigenvalue weighted by molar-refractivity contribution is 6.30. The average molecular weight is 243 g/mol. The number of benzene rings is 1. The summed E-state index contributed by atoms with van der Waals surface area (Å²) in [5.41, 5.74) is 0.215. The zero-order valence-corrected chi connectivity index (χ0v) is 9.92. The highest BCUT2D eigenvalue weighted by atomic mass is 35.5. The van der Waals surface area contributed by atoms with E-state index in [0.717, 1.165) is 18.4 Å². The molecular weight excluding hydrogens is 228 g/mol. The third-order valence-corrected chi connectivity index (χ3v) is 3.24. The lowest BCUT2D eigenvalue weighted by Gasteiger charge is -2.11. The van der Waals surface area contributed by atoms with E-state index in [1.165, 1.54) is 7.11 Å². The van der Waals surface area contributed by atoms with Gasteiger partial charge < -0.3 is 14.9 Å². The van der Waals surface area contributed by atoms with Gasteiger partial charge >= 0.3 is 0 Å². The first-order valence-corrected chi connectivity index (χ1v) is 5.70. The van der Waals surface area contributed by atoms with Crippen LogP contribution in [0.3, 0.4) is 0 Å². The standard InChI is InChI=1S/C12H15ClO3/c1-16-10-7-9(13)6-8(11(10)14)2-3-12(15)4-5-12/h6-7,14-15H,2-5H2,1H3. The summed E-state index contributed by atoms with van der Waals surface area (Å²) >= 11 is 5.91. The Hall–Kier alpha value is -0.930. The van der Waals surface area contributed by atoms with Gasteiger partial charge in [0, 0.05) is 11.1 Å². The Morgan fingerprint density at radius 1 is 1.44 bits per heavy atom. The molecule has 1 aromatic carbocycles. The number of phenols is 1. The highest BCUT2D eigenvalue weighted by Crippen LogP contribution is 2.41. The number of hydrogen-bond acceptors (Lipinski definition) is 3. The molecular formula is C12H15ClO3. The normalized spacial score (nSPS) is 17.2. The predicted octanol–water partition coefficient (Wildman–Crippen LogP) is 2.51.